The number of carbonyl (C=O) groups excluding carboxylic acids is 1. The summed E-state index contributed by atoms with van der Waals surface area (Å²) in [6.07, 6.45) is 8.64. The summed E-state index contributed by atoms with van der Waals surface area (Å²) in [6.45, 7) is 2.64. The number of fused-ring (bicyclic) bond motifs is 2. The van der Waals surface area contributed by atoms with Gasteiger partial charge in [0, 0.05) is 17.6 Å². The molecule has 5 rings (SSSR count). The van der Waals surface area contributed by atoms with E-state index < -0.39 is 33.5 Å². The number of methoxy groups -OCH3 is 1. The van der Waals surface area contributed by atoms with Crippen molar-refractivity contribution in [3.8, 4) is 11.5 Å². The van der Waals surface area contributed by atoms with Crippen LogP contribution in [0.1, 0.15) is 70.3 Å². The molecule has 3 atom stereocenters. The highest BCUT2D eigenvalue weighted by molar-refractivity contribution is 7.89. The van der Waals surface area contributed by atoms with Gasteiger partial charge in [-0.15, -0.1) is 0 Å². The van der Waals surface area contributed by atoms with Crippen LogP contribution in [0, 0.1) is 11.8 Å². The van der Waals surface area contributed by atoms with E-state index >= 15 is 8.78 Å². The fraction of sp³-hybridized carbons (Fsp3) is 0.581. The zero-order valence-electron chi connectivity index (χ0n) is 24.0. The van der Waals surface area contributed by atoms with Gasteiger partial charge < -0.3 is 14.4 Å². The molecule has 2 heterocycles. The number of piperidine rings is 1. The molecule has 0 radical (unpaired) electrons. The number of hydrogen-bond donors (Lipinski definition) is 1. The number of nitrogens with zero attached hydrogens (tertiary/aromatic N) is 1. The Bertz CT molecular complexity index is 1350. The summed E-state index contributed by atoms with van der Waals surface area (Å²) in [4.78, 5) is 15.2. The first-order chi connectivity index (χ1) is 20.0. The second-order valence-corrected chi connectivity index (χ2v) is 14.1. The van der Waals surface area contributed by atoms with E-state index in [-0.39, 0.29) is 27.8 Å². The Balaban J connectivity index is 1.41. The van der Waals surface area contributed by atoms with Crippen LogP contribution in [0.3, 0.4) is 0 Å². The van der Waals surface area contributed by atoms with Gasteiger partial charge in [-0.2, -0.15) is 13.5 Å². The number of halogens is 3. The van der Waals surface area contributed by atoms with Gasteiger partial charge in [0.2, 0.25) is 15.9 Å². The Labute approximate surface area is 251 Å². The molecule has 2 aromatic rings. The molecule has 7 nitrogen and oxygen atoms in total. The third-order valence-corrected chi connectivity index (χ3v) is 10.7. The minimum Gasteiger partial charge on any atom is -0.495 e. The van der Waals surface area contributed by atoms with Crippen molar-refractivity contribution in [1.29, 1.82) is 0 Å². The maximum Gasteiger partial charge on any atom is 0.298 e. The first-order valence-corrected chi connectivity index (χ1v) is 16.6. The van der Waals surface area contributed by atoms with Gasteiger partial charge in [0.15, 0.2) is 6.04 Å². The number of carbonyl (C=O) groups is 1. The van der Waals surface area contributed by atoms with Gasteiger partial charge in [-0.3, -0.25) is 4.79 Å². The number of ether oxygens (including phenoxy) is 2. The summed E-state index contributed by atoms with van der Waals surface area (Å²) in [7, 11) is -3.23. The Hall–Kier alpha value is -2.43. The summed E-state index contributed by atoms with van der Waals surface area (Å²) < 4.78 is 72.8. The van der Waals surface area contributed by atoms with Crippen LogP contribution in [-0.2, 0) is 20.7 Å². The number of sulfonamides is 1. The Kier molecular flexibility index (Phi) is 9.35. The number of nitrogens with one attached hydrogen (secondary N) is 1. The molecule has 2 aliphatic heterocycles. The lowest BCUT2D eigenvalue weighted by Gasteiger charge is -2.41. The largest absolute Gasteiger partial charge is 0.495 e. The predicted octanol–water partition coefficient (Wildman–Crippen LogP) is 6.54. The molecule has 1 aliphatic carbocycles. The normalized spacial score (nSPS) is 23.9. The lowest BCUT2D eigenvalue weighted by atomic mass is 9.90. The van der Waals surface area contributed by atoms with Crippen molar-refractivity contribution in [3.05, 3.63) is 53.1 Å². The van der Waals surface area contributed by atoms with Crippen LogP contribution < -0.4 is 14.2 Å². The molecule has 3 aliphatic rings. The van der Waals surface area contributed by atoms with Crippen LogP contribution in [-0.4, -0.2) is 51.1 Å². The zero-order valence-corrected chi connectivity index (χ0v) is 25.6. The van der Waals surface area contributed by atoms with Gasteiger partial charge >= 0.3 is 0 Å². The minimum atomic E-state index is -4.53. The van der Waals surface area contributed by atoms with Crippen molar-refractivity contribution in [2.75, 3.05) is 13.7 Å². The Morgan fingerprint density at radius 2 is 1.69 bits per heavy atom. The lowest BCUT2D eigenvalue weighted by molar-refractivity contribution is -0.149. The quantitative estimate of drug-likeness (QED) is 0.325. The van der Waals surface area contributed by atoms with E-state index in [9.17, 15) is 13.2 Å². The van der Waals surface area contributed by atoms with Gasteiger partial charge in [0.05, 0.1) is 23.6 Å². The van der Waals surface area contributed by atoms with Gasteiger partial charge in [0.25, 0.3) is 5.92 Å². The fourth-order valence-corrected chi connectivity index (χ4v) is 8.16. The molecule has 42 heavy (non-hydrogen) atoms. The summed E-state index contributed by atoms with van der Waals surface area (Å²) in [5, 5.41) is 0.120. The highest BCUT2D eigenvalue weighted by Crippen LogP contribution is 2.42. The third kappa shape index (κ3) is 6.55. The summed E-state index contributed by atoms with van der Waals surface area (Å²) in [5.41, 5.74) is -0.575. The highest BCUT2D eigenvalue weighted by atomic mass is 35.5. The van der Waals surface area contributed by atoms with E-state index in [0.717, 1.165) is 25.0 Å². The SMILES string of the molecule is COc1cc(C(F)(F)C(NS(=O)(=O)c2ccc(OCC3CCCCC3)cc2)C(=O)N2C3CCC2CC(C)C3)ccc1Cl. The molecule has 1 saturated carbocycles. The van der Waals surface area contributed by atoms with Crippen LogP contribution in [0.5, 0.6) is 11.5 Å². The summed E-state index contributed by atoms with van der Waals surface area (Å²) in [6, 6.07) is 6.28. The topological polar surface area (TPSA) is 84.9 Å². The van der Waals surface area contributed by atoms with E-state index in [1.165, 1.54) is 61.6 Å². The van der Waals surface area contributed by atoms with Crippen LogP contribution in [0.15, 0.2) is 47.4 Å². The molecule has 2 bridgehead atoms. The van der Waals surface area contributed by atoms with Crippen LogP contribution in [0.4, 0.5) is 8.78 Å². The second kappa shape index (κ2) is 12.7. The molecule has 3 fully saturated rings. The van der Waals surface area contributed by atoms with Crippen LogP contribution in [0.2, 0.25) is 5.02 Å². The molecule has 230 valence electrons. The molecule has 0 spiro atoms. The molecule has 1 amide bonds. The standard InChI is InChI=1S/C31H39ClF2N2O5S/c1-20-16-23-9-10-24(17-20)36(23)30(37)29(31(33,34)22-8-15-27(32)28(18-22)40-2)35-42(38,39)26-13-11-25(12-14-26)41-19-21-6-4-3-5-7-21/h8,11-15,18,20-21,23-24,29,35H,3-7,9-10,16-17,19H2,1-2H3. The molecular formula is C31H39ClF2N2O5S. The van der Waals surface area contributed by atoms with E-state index in [2.05, 4.69) is 11.6 Å². The van der Waals surface area contributed by atoms with E-state index in [4.69, 9.17) is 21.1 Å². The van der Waals surface area contributed by atoms with Crippen molar-refractivity contribution in [2.45, 2.75) is 93.7 Å². The molecule has 2 aromatic carbocycles. The average Bonchev–Trinajstić information content (AvgIpc) is 3.25. The van der Waals surface area contributed by atoms with Crippen molar-refractivity contribution >= 4 is 27.5 Å². The van der Waals surface area contributed by atoms with E-state index in [1.54, 1.807) is 0 Å². The van der Waals surface area contributed by atoms with Crippen molar-refractivity contribution in [1.82, 2.24) is 9.62 Å². The van der Waals surface area contributed by atoms with Gasteiger partial charge in [-0.1, -0.05) is 43.9 Å². The monoisotopic (exact) mass is 624 g/mol. The Morgan fingerprint density at radius 3 is 2.31 bits per heavy atom. The molecule has 0 aromatic heterocycles. The van der Waals surface area contributed by atoms with Gasteiger partial charge in [-0.25, -0.2) is 8.42 Å². The highest BCUT2D eigenvalue weighted by Gasteiger charge is 2.53. The van der Waals surface area contributed by atoms with Crippen molar-refractivity contribution < 1.29 is 31.5 Å². The van der Waals surface area contributed by atoms with Gasteiger partial charge in [0.1, 0.15) is 11.5 Å². The van der Waals surface area contributed by atoms with E-state index in [1.807, 2.05) is 0 Å². The summed E-state index contributed by atoms with van der Waals surface area (Å²) in [5.74, 6) is -3.50. The second-order valence-electron chi connectivity index (χ2n) is 12.0. The molecule has 1 N–H and O–H groups in total. The van der Waals surface area contributed by atoms with Crippen LogP contribution >= 0.6 is 11.6 Å². The molecular weight excluding hydrogens is 586 g/mol. The van der Waals surface area contributed by atoms with Crippen molar-refractivity contribution in [3.63, 3.8) is 0 Å². The fourth-order valence-electron chi connectivity index (χ4n) is 6.78. The maximum absolute atomic E-state index is 16.3. The number of rotatable bonds is 10. The predicted molar refractivity (Wildman–Crippen MR) is 157 cm³/mol. The number of amides is 1. The third-order valence-electron chi connectivity index (χ3n) is 8.99. The molecule has 2 saturated heterocycles. The molecule has 11 heteroatoms. The number of alkyl halides is 2. The molecule has 3 unspecified atom stereocenters. The average molecular weight is 625 g/mol. The van der Waals surface area contributed by atoms with Crippen LogP contribution in [0.25, 0.3) is 0 Å². The number of benzene rings is 2. The van der Waals surface area contributed by atoms with E-state index in [0.29, 0.717) is 49.9 Å². The van der Waals surface area contributed by atoms with Crippen molar-refractivity contribution in [2.24, 2.45) is 11.8 Å². The minimum absolute atomic E-state index is 0.00131. The van der Waals surface area contributed by atoms with Gasteiger partial charge in [-0.05, 0) is 86.8 Å². The first kappa shape index (κ1) is 31.0. The maximum atomic E-state index is 16.3. The first-order valence-electron chi connectivity index (χ1n) is 14.8. The zero-order chi connectivity index (χ0) is 30.1. The Morgan fingerprint density at radius 1 is 1.05 bits per heavy atom. The smallest absolute Gasteiger partial charge is 0.298 e. The summed E-state index contributed by atoms with van der Waals surface area (Å²) >= 11 is 6.07. The lowest BCUT2D eigenvalue weighted by Crippen LogP contribution is -2.59. The number of hydrogen-bond acceptors (Lipinski definition) is 5.